The first-order valence-electron chi connectivity index (χ1n) is 26.4. The number of amides is 8. The Morgan fingerprint density at radius 1 is 0.882 bits per heavy atom. The van der Waals surface area contributed by atoms with Gasteiger partial charge in [0.25, 0.3) is 0 Å². The lowest BCUT2D eigenvalue weighted by atomic mass is 9.87. The minimum Gasteiger partial charge on any atom is -0.459 e. The summed E-state index contributed by atoms with van der Waals surface area (Å²) in [5.41, 5.74) is 6.39. The van der Waals surface area contributed by atoms with Crippen LogP contribution in [0.4, 0.5) is 15.3 Å². The predicted molar refractivity (Wildman–Crippen MR) is 282 cm³/mol. The molecule has 0 aliphatic carbocycles. The van der Waals surface area contributed by atoms with Gasteiger partial charge in [-0.25, -0.2) is 9.59 Å². The number of aliphatic hydroxyl groups is 1. The van der Waals surface area contributed by atoms with Crippen LogP contribution in [0.2, 0.25) is 0 Å². The first-order chi connectivity index (χ1) is 36.0. The fourth-order valence-corrected chi connectivity index (χ4v) is 8.88. The van der Waals surface area contributed by atoms with Crippen molar-refractivity contribution in [3.05, 3.63) is 65.8 Å². The van der Waals surface area contributed by atoms with Crippen LogP contribution >= 0.6 is 0 Å². The molecule has 3 aliphatic heterocycles. The Kier molecular flexibility index (Phi) is 25.4. The van der Waals surface area contributed by atoms with E-state index < -0.39 is 72.0 Å². The monoisotopic (exact) mass is 1070 g/mol. The number of rotatable bonds is 28. The molecule has 0 unspecified atom stereocenters. The van der Waals surface area contributed by atoms with Gasteiger partial charge in [-0.05, 0) is 94.9 Å². The van der Waals surface area contributed by atoms with Crippen LogP contribution in [0.25, 0.3) is 0 Å². The molecular formula is C54H82N8O14. The first-order valence-corrected chi connectivity index (χ1v) is 26.4. The van der Waals surface area contributed by atoms with Crippen LogP contribution in [-0.2, 0) is 59.1 Å². The highest BCUT2D eigenvalue weighted by molar-refractivity contribution is 5.98. The van der Waals surface area contributed by atoms with Gasteiger partial charge in [0.2, 0.25) is 29.5 Å². The van der Waals surface area contributed by atoms with Crippen LogP contribution in [0.1, 0.15) is 119 Å². The van der Waals surface area contributed by atoms with Crippen LogP contribution < -0.4 is 43.0 Å². The lowest BCUT2D eigenvalue weighted by Crippen LogP contribution is -2.54. The molecule has 11 atom stereocenters. The molecule has 1 aromatic carbocycles. The van der Waals surface area contributed by atoms with E-state index >= 15 is 0 Å². The summed E-state index contributed by atoms with van der Waals surface area (Å²) in [7, 11) is 0. The van der Waals surface area contributed by atoms with Gasteiger partial charge in [-0.3, -0.25) is 28.8 Å². The highest BCUT2D eigenvalue weighted by Gasteiger charge is 2.58. The number of epoxide rings is 1. The Morgan fingerprint density at radius 3 is 2.25 bits per heavy atom. The molecule has 0 bridgehead atoms. The summed E-state index contributed by atoms with van der Waals surface area (Å²) in [6.45, 7) is 15.0. The molecule has 0 radical (unpaired) electrons. The van der Waals surface area contributed by atoms with Crippen molar-refractivity contribution in [1.82, 2.24) is 31.9 Å². The molecule has 8 amide bonds. The summed E-state index contributed by atoms with van der Waals surface area (Å²) in [5, 5.41) is 30.5. The lowest BCUT2D eigenvalue weighted by molar-refractivity contribution is -0.143. The minimum atomic E-state index is -1.03. The van der Waals surface area contributed by atoms with E-state index in [0.29, 0.717) is 56.5 Å². The van der Waals surface area contributed by atoms with Crippen molar-refractivity contribution in [2.45, 2.75) is 180 Å². The van der Waals surface area contributed by atoms with Crippen molar-refractivity contribution < 1.29 is 67.1 Å². The number of allylic oxidation sites excluding steroid dienone is 2. The zero-order valence-corrected chi connectivity index (χ0v) is 45.3. The Morgan fingerprint density at radius 2 is 1.59 bits per heavy atom. The first kappa shape index (κ1) is 62.2. The Labute approximate surface area is 446 Å². The molecule has 422 valence electrons. The molecule has 0 saturated carbocycles. The highest BCUT2D eigenvalue weighted by Crippen LogP contribution is 2.42. The summed E-state index contributed by atoms with van der Waals surface area (Å²) in [6, 6.07) is 3.73. The number of alkyl carbamates (subject to hydrolysis) is 1. The second-order valence-electron chi connectivity index (χ2n) is 20.4. The molecule has 0 aromatic heterocycles. The number of benzene rings is 1. The number of carbonyl (C=O) groups is 8. The van der Waals surface area contributed by atoms with E-state index in [9.17, 15) is 43.5 Å². The van der Waals surface area contributed by atoms with E-state index in [1.807, 2.05) is 19.9 Å². The molecule has 1 spiro atoms. The van der Waals surface area contributed by atoms with Crippen LogP contribution in [0.15, 0.2) is 60.2 Å². The topological polar surface area (TPSA) is 316 Å². The molecule has 3 fully saturated rings. The Hall–Kier alpha value is -6.36. The maximum absolute atomic E-state index is 13.6. The smallest absolute Gasteiger partial charge is 0.407 e. The third-order valence-corrected chi connectivity index (χ3v) is 13.3. The van der Waals surface area contributed by atoms with Crippen molar-refractivity contribution in [3.8, 4) is 0 Å². The average molecular weight is 1070 g/mol. The summed E-state index contributed by atoms with van der Waals surface area (Å²) in [6.07, 6.45) is 9.41. The standard InChI is InChI=1S/C54H82N8O14/c1-32(2)48(62-46(65)14-10-9-11-25-56-37(7)63)51(69)61-42(13-12-26-57-52(55)70)50(68)59-40-20-18-39(19-21-40)30-72-53(71)58-29-41-28-54(31-73-54)49(67)45(76-41)23-16-33(3)15-22-44-34(4)27-43(36(6)75-44)60-47(66)24-17-35(5)74-38(8)64/h15-21,23-24,32,34-36,41-45,48-49,67H,9-14,22,25-31H2,1-8H3,(H,56,63)(H,58,71)(H,59,68)(H,60,66)(H,61,69)(H,62,65)(H3,55,57,70)/b23-16+,24-17-,33-15+/t34-,35-,36+,41-,42-,43+,44-,45+,48-,49+,54+/m0/s1. The van der Waals surface area contributed by atoms with Gasteiger partial charge in [0.15, 0.2) is 0 Å². The van der Waals surface area contributed by atoms with Gasteiger partial charge in [0, 0.05) is 58.1 Å². The van der Waals surface area contributed by atoms with Crippen molar-refractivity contribution in [2.24, 2.45) is 17.6 Å². The van der Waals surface area contributed by atoms with Crippen LogP contribution in [-0.4, -0.2) is 139 Å². The van der Waals surface area contributed by atoms with Crippen LogP contribution in [0, 0.1) is 11.8 Å². The molecule has 22 nitrogen and oxygen atoms in total. The third-order valence-electron chi connectivity index (χ3n) is 13.3. The molecule has 76 heavy (non-hydrogen) atoms. The number of unbranched alkanes of at least 4 members (excludes halogenated alkanes) is 2. The molecule has 3 saturated heterocycles. The third kappa shape index (κ3) is 22.1. The van der Waals surface area contributed by atoms with Crippen molar-refractivity contribution in [2.75, 3.05) is 31.6 Å². The number of nitrogens with two attached hydrogens (primary N) is 1. The summed E-state index contributed by atoms with van der Waals surface area (Å²) in [5.74, 6) is -2.36. The number of anilines is 1. The predicted octanol–water partition coefficient (Wildman–Crippen LogP) is 3.61. The van der Waals surface area contributed by atoms with Gasteiger partial charge >= 0.3 is 18.1 Å². The van der Waals surface area contributed by atoms with E-state index in [1.165, 1.54) is 26.0 Å². The summed E-state index contributed by atoms with van der Waals surface area (Å²) >= 11 is 0. The molecular weight excluding hydrogens is 985 g/mol. The van der Waals surface area contributed by atoms with Gasteiger partial charge in [-0.2, -0.15) is 0 Å². The van der Waals surface area contributed by atoms with Crippen molar-refractivity contribution in [1.29, 1.82) is 0 Å². The van der Waals surface area contributed by atoms with Crippen LogP contribution in [0.3, 0.4) is 0 Å². The number of primary amides is 1. The van der Waals surface area contributed by atoms with Crippen molar-refractivity contribution in [3.63, 3.8) is 0 Å². The number of urea groups is 1. The van der Waals surface area contributed by atoms with E-state index in [0.717, 1.165) is 18.4 Å². The Balaban J connectivity index is 1.23. The largest absolute Gasteiger partial charge is 0.459 e. The number of esters is 1. The fourth-order valence-electron chi connectivity index (χ4n) is 8.88. The van der Waals surface area contributed by atoms with Crippen LogP contribution in [0.5, 0.6) is 0 Å². The fraction of sp³-hybridized carbons (Fsp3) is 0.630. The van der Waals surface area contributed by atoms with Gasteiger partial charge in [0.1, 0.15) is 42.6 Å². The lowest BCUT2D eigenvalue weighted by Gasteiger charge is -2.39. The quantitative estimate of drug-likeness (QED) is 0.0191. The van der Waals surface area contributed by atoms with Gasteiger partial charge < -0.3 is 71.7 Å². The van der Waals surface area contributed by atoms with E-state index in [4.69, 9.17) is 29.4 Å². The zero-order chi connectivity index (χ0) is 56.0. The highest BCUT2D eigenvalue weighted by atomic mass is 16.6. The number of carbonyl (C=O) groups excluding carboxylic acids is 8. The van der Waals surface area contributed by atoms with E-state index in [1.54, 1.807) is 51.1 Å². The number of ether oxygens (including phenoxy) is 5. The Bertz CT molecular complexity index is 2220. The molecule has 3 heterocycles. The SMILES string of the molecule is CC(=O)NCCCCCC(=O)N[C@H](C(=O)N[C@@H](CCCNC(N)=O)C(=O)Nc1ccc(COC(=O)NC[C@@H]2C[C@@]3(CO3)[C@H](O)[C@@H](/C=C/C(C)=C/C[C@@H]3O[C@H](C)[C@H](NC(=O)/C=C\[C@H](C)OC(C)=O)C[C@@H]3C)O2)cc1)C(C)C. The number of nitrogens with one attached hydrogen (secondary N) is 7. The average Bonchev–Trinajstić information content (AvgIpc) is 4.14. The van der Waals surface area contributed by atoms with E-state index in [-0.39, 0.29) is 80.3 Å². The molecule has 1 aromatic rings. The van der Waals surface area contributed by atoms with Gasteiger partial charge in [-0.15, -0.1) is 0 Å². The number of aliphatic hydroxyl groups excluding tert-OH is 1. The molecule has 10 N–H and O–H groups in total. The van der Waals surface area contributed by atoms with Crippen molar-refractivity contribution >= 4 is 53.3 Å². The van der Waals surface area contributed by atoms with Gasteiger partial charge in [-0.1, -0.05) is 63.1 Å². The normalized spacial score (nSPS) is 24.4. The second kappa shape index (κ2) is 31.0. The van der Waals surface area contributed by atoms with Gasteiger partial charge in [0.05, 0.1) is 31.0 Å². The zero-order valence-electron chi connectivity index (χ0n) is 45.3. The summed E-state index contributed by atoms with van der Waals surface area (Å²) in [4.78, 5) is 98.8. The molecule has 4 rings (SSSR count). The summed E-state index contributed by atoms with van der Waals surface area (Å²) < 4.78 is 28.8. The minimum absolute atomic E-state index is 0.0748. The molecule has 3 aliphatic rings. The second-order valence-corrected chi connectivity index (χ2v) is 20.4. The maximum atomic E-state index is 13.6. The molecule has 22 heteroatoms. The number of hydrogen-bond donors (Lipinski definition) is 9. The maximum Gasteiger partial charge on any atom is 0.407 e. The number of hydrogen-bond acceptors (Lipinski definition) is 14. The van der Waals surface area contributed by atoms with E-state index in [2.05, 4.69) is 50.2 Å².